The average Bonchev–Trinajstić information content (AvgIpc) is 1.84. The second-order valence-electron chi connectivity index (χ2n) is 1.49. The van der Waals surface area contributed by atoms with E-state index >= 15 is 0 Å². The smallest absolute Gasteiger partial charge is 0.349 e. The van der Waals surface area contributed by atoms with Crippen molar-refractivity contribution in [3.8, 4) is 0 Å². The van der Waals surface area contributed by atoms with Gasteiger partial charge in [-0.1, -0.05) is 0 Å². The van der Waals surface area contributed by atoms with Gasteiger partial charge in [0.25, 0.3) is 0 Å². The van der Waals surface area contributed by atoms with Crippen molar-refractivity contribution in [3.05, 3.63) is 12.0 Å². The molecule has 0 bridgehead atoms. The summed E-state index contributed by atoms with van der Waals surface area (Å²) in [6.07, 6.45) is -5.20. The summed E-state index contributed by atoms with van der Waals surface area (Å²) in [6.45, 7) is 0. The van der Waals surface area contributed by atoms with Crippen LogP contribution in [0.1, 0.15) is 0 Å². The number of hydrogen-bond acceptors (Lipinski definition) is 2. The fourth-order valence-corrected chi connectivity index (χ4v) is 0.397. The van der Waals surface area contributed by atoms with E-state index in [-0.39, 0.29) is 0 Å². The zero-order chi connectivity index (χ0) is 7.72. The summed E-state index contributed by atoms with van der Waals surface area (Å²) in [5.41, 5.74) is 0. The predicted molar refractivity (Wildman–Crippen MR) is 21.2 cm³/mol. The molecule has 0 aromatic rings. The first-order valence-corrected chi connectivity index (χ1v) is 2.28. The second-order valence-corrected chi connectivity index (χ2v) is 1.49. The molecule has 0 fully saturated rings. The van der Waals surface area contributed by atoms with E-state index in [1.54, 1.807) is 0 Å². The summed E-state index contributed by atoms with van der Waals surface area (Å²) in [6, 6.07) is -3.75. The van der Waals surface area contributed by atoms with Crippen molar-refractivity contribution < 1.29 is 27.0 Å². The molecular formula is C4H2F4O2. The third-order valence-corrected chi connectivity index (χ3v) is 0.793. The van der Waals surface area contributed by atoms with Crippen LogP contribution in [0, 0.1) is 0 Å². The summed E-state index contributed by atoms with van der Waals surface area (Å²) >= 11 is 0. The summed E-state index contributed by atoms with van der Waals surface area (Å²) in [5.74, 6) is 0. The SMILES string of the molecule is FC1=C(F)OC(F)C(F)O1. The molecule has 0 aliphatic carbocycles. The highest BCUT2D eigenvalue weighted by Crippen LogP contribution is 2.25. The molecule has 0 aromatic heterocycles. The predicted octanol–water partition coefficient (Wildman–Crippen LogP) is 1.69. The Balaban J connectivity index is 2.69. The van der Waals surface area contributed by atoms with Gasteiger partial charge in [-0.05, 0) is 0 Å². The van der Waals surface area contributed by atoms with Crippen LogP contribution in [-0.4, -0.2) is 12.7 Å². The van der Waals surface area contributed by atoms with Gasteiger partial charge in [-0.2, -0.15) is 17.6 Å². The van der Waals surface area contributed by atoms with Crippen LogP contribution >= 0.6 is 0 Å². The van der Waals surface area contributed by atoms with Gasteiger partial charge >= 0.3 is 24.7 Å². The molecule has 0 radical (unpaired) electrons. The molecular weight excluding hydrogens is 156 g/mol. The molecule has 2 nitrogen and oxygen atoms in total. The maximum absolute atomic E-state index is 11.8. The molecule has 0 spiro atoms. The topological polar surface area (TPSA) is 18.5 Å². The first-order chi connectivity index (χ1) is 4.61. The lowest BCUT2D eigenvalue weighted by atomic mass is 10.6. The average molecular weight is 158 g/mol. The van der Waals surface area contributed by atoms with Crippen LogP contribution in [0.25, 0.3) is 0 Å². The zero-order valence-electron chi connectivity index (χ0n) is 4.48. The minimum atomic E-state index is -2.60. The van der Waals surface area contributed by atoms with Crippen LogP contribution in [0.15, 0.2) is 12.0 Å². The Morgan fingerprint density at radius 3 is 1.50 bits per heavy atom. The van der Waals surface area contributed by atoms with Gasteiger partial charge in [0.2, 0.25) is 0 Å². The molecule has 2 unspecified atom stereocenters. The molecule has 1 heterocycles. The molecule has 0 aromatic carbocycles. The molecule has 10 heavy (non-hydrogen) atoms. The van der Waals surface area contributed by atoms with Crippen LogP contribution < -0.4 is 0 Å². The zero-order valence-corrected chi connectivity index (χ0v) is 4.48. The lowest BCUT2D eigenvalue weighted by molar-refractivity contribution is -0.206. The minimum absolute atomic E-state index is 1.87. The van der Waals surface area contributed by atoms with Crippen molar-refractivity contribution in [1.29, 1.82) is 0 Å². The molecule has 1 aliphatic rings. The summed E-state index contributed by atoms with van der Waals surface area (Å²) in [5, 5.41) is 0. The van der Waals surface area contributed by atoms with Crippen LogP contribution in [0.2, 0.25) is 0 Å². The van der Waals surface area contributed by atoms with Gasteiger partial charge in [0.1, 0.15) is 0 Å². The molecule has 6 heteroatoms. The van der Waals surface area contributed by atoms with Crippen LogP contribution in [-0.2, 0) is 9.47 Å². The minimum Gasteiger partial charge on any atom is -0.425 e. The number of ether oxygens (including phenoxy) is 2. The van der Waals surface area contributed by atoms with Crippen molar-refractivity contribution in [1.82, 2.24) is 0 Å². The van der Waals surface area contributed by atoms with Gasteiger partial charge in [0.05, 0.1) is 0 Å². The summed E-state index contributed by atoms with van der Waals surface area (Å²) < 4.78 is 53.9. The highest BCUT2D eigenvalue weighted by Gasteiger charge is 2.33. The fraction of sp³-hybridized carbons (Fsp3) is 0.500. The van der Waals surface area contributed by atoms with Gasteiger partial charge in [-0.25, -0.2) is 0 Å². The number of halogens is 4. The largest absolute Gasteiger partial charge is 0.425 e. The Kier molecular flexibility index (Phi) is 1.69. The maximum Gasteiger partial charge on any atom is 0.349 e. The fourth-order valence-electron chi connectivity index (χ4n) is 0.397. The quantitative estimate of drug-likeness (QED) is 0.499. The molecule has 0 N–H and O–H groups in total. The van der Waals surface area contributed by atoms with Crippen LogP contribution in [0.4, 0.5) is 17.6 Å². The molecule has 2 atom stereocenters. The first-order valence-electron chi connectivity index (χ1n) is 2.28. The number of alkyl halides is 2. The van der Waals surface area contributed by atoms with E-state index in [1.165, 1.54) is 0 Å². The molecule has 0 saturated carbocycles. The number of hydrogen-bond donors (Lipinski definition) is 0. The lowest BCUT2D eigenvalue weighted by Crippen LogP contribution is -2.26. The third kappa shape index (κ3) is 1.14. The summed E-state index contributed by atoms with van der Waals surface area (Å²) in [4.78, 5) is 0. The van der Waals surface area contributed by atoms with Crippen LogP contribution in [0.3, 0.4) is 0 Å². The van der Waals surface area contributed by atoms with Gasteiger partial charge in [-0.3, -0.25) is 0 Å². The Labute approximate surface area is 53.0 Å². The van der Waals surface area contributed by atoms with Crippen molar-refractivity contribution in [2.24, 2.45) is 0 Å². The highest BCUT2D eigenvalue weighted by molar-refractivity contribution is 4.87. The molecule has 58 valence electrons. The standard InChI is InChI=1S/C4H2F4O2/c5-1-2(6)10-4(8)3(7)9-1/h1-2H. The van der Waals surface area contributed by atoms with Gasteiger partial charge in [0.15, 0.2) is 0 Å². The van der Waals surface area contributed by atoms with Crippen LogP contribution in [0.5, 0.6) is 0 Å². The van der Waals surface area contributed by atoms with Crippen molar-refractivity contribution in [3.63, 3.8) is 0 Å². The lowest BCUT2D eigenvalue weighted by Gasteiger charge is -2.18. The first kappa shape index (κ1) is 7.17. The maximum atomic E-state index is 11.8. The van der Waals surface area contributed by atoms with Crippen molar-refractivity contribution in [2.75, 3.05) is 0 Å². The summed E-state index contributed by atoms with van der Waals surface area (Å²) in [7, 11) is 0. The van der Waals surface area contributed by atoms with E-state index < -0.39 is 24.7 Å². The van der Waals surface area contributed by atoms with Gasteiger partial charge in [0, 0.05) is 0 Å². The molecule has 0 amide bonds. The second kappa shape index (κ2) is 2.36. The third-order valence-electron chi connectivity index (χ3n) is 0.793. The highest BCUT2D eigenvalue weighted by atomic mass is 19.2. The van der Waals surface area contributed by atoms with E-state index in [0.29, 0.717) is 0 Å². The monoisotopic (exact) mass is 158 g/mol. The normalized spacial score (nSPS) is 33.2. The molecule has 1 rings (SSSR count). The van der Waals surface area contributed by atoms with Gasteiger partial charge in [-0.15, -0.1) is 0 Å². The molecule has 1 aliphatic heterocycles. The Bertz CT molecular complexity index is 151. The van der Waals surface area contributed by atoms with E-state index in [4.69, 9.17) is 0 Å². The van der Waals surface area contributed by atoms with Crippen molar-refractivity contribution >= 4 is 0 Å². The van der Waals surface area contributed by atoms with E-state index in [9.17, 15) is 17.6 Å². The van der Waals surface area contributed by atoms with Crippen molar-refractivity contribution in [2.45, 2.75) is 12.7 Å². The molecule has 0 saturated heterocycles. The van der Waals surface area contributed by atoms with E-state index in [0.717, 1.165) is 0 Å². The Morgan fingerprint density at radius 2 is 1.20 bits per heavy atom. The Morgan fingerprint density at radius 1 is 0.900 bits per heavy atom. The van der Waals surface area contributed by atoms with E-state index in [2.05, 4.69) is 9.47 Å². The number of rotatable bonds is 0. The van der Waals surface area contributed by atoms with E-state index in [1.807, 2.05) is 0 Å². The Hall–Kier alpha value is -0.940. The van der Waals surface area contributed by atoms with Gasteiger partial charge < -0.3 is 9.47 Å².